The van der Waals surface area contributed by atoms with Crippen molar-refractivity contribution < 1.29 is 24.5 Å². The van der Waals surface area contributed by atoms with Crippen LogP contribution in [0.1, 0.15) is 27.2 Å². The van der Waals surface area contributed by atoms with Crippen LogP contribution in [0, 0.1) is 5.41 Å². The average Bonchev–Trinajstić information content (AvgIpc) is 2.36. The Morgan fingerprint density at radius 2 is 2.05 bits per heavy atom. The Kier molecular flexibility index (Phi) is 7.78. The quantitative estimate of drug-likeness (QED) is 0.280. The maximum atomic E-state index is 11.6. The molecule has 0 spiro atoms. The minimum atomic E-state index is -1.31. The summed E-state index contributed by atoms with van der Waals surface area (Å²) in [6.07, 6.45) is -1.71. The number of carbonyl (C=O) groups is 2. The summed E-state index contributed by atoms with van der Waals surface area (Å²) in [5, 5.41) is 21.2. The van der Waals surface area contributed by atoms with E-state index in [1.165, 1.54) is 6.92 Å². The molecule has 0 aromatic heterocycles. The van der Waals surface area contributed by atoms with Crippen molar-refractivity contribution in [3.8, 4) is 0 Å². The molecule has 8 nitrogen and oxygen atoms in total. The van der Waals surface area contributed by atoms with Gasteiger partial charge in [-0.25, -0.2) is 4.79 Å². The van der Waals surface area contributed by atoms with Gasteiger partial charge in [0, 0.05) is 12.0 Å². The van der Waals surface area contributed by atoms with Crippen molar-refractivity contribution in [2.24, 2.45) is 16.1 Å². The molecule has 0 aromatic rings. The summed E-state index contributed by atoms with van der Waals surface area (Å²) >= 11 is 0. The van der Waals surface area contributed by atoms with Gasteiger partial charge in [-0.15, -0.1) is 0 Å². The molecular formula is C12H23N3O5. The van der Waals surface area contributed by atoms with E-state index in [9.17, 15) is 14.7 Å². The number of amidine groups is 1. The molecule has 2 amide bonds. The topological polar surface area (TPSA) is 134 Å². The van der Waals surface area contributed by atoms with Crippen molar-refractivity contribution in [2.45, 2.75) is 33.3 Å². The molecule has 0 bridgehead atoms. The number of amides is 2. The molecule has 0 radical (unpaired) electrons. The van der Waals surface area contributed by atoms with Crippen LogP contribution >= 0.6 is 0 Å². The minimum absolute atomic E-state index is 0.0788. The van der Waals surface area contributed by atoms with E-state index in [1.54, 1.807) is 13.8 Å². The average molecular weight is 289 g/mol. The third kappa shape index (κ3) is 7.05. The zero-order valence-corrected chi connectivity index (χ0v) is 12.0. The molecule has 8 heteroatoms. The Morgan fingerprint density at radius 3 is 2.55 bits per heavy atom. The van der Waals surface area contributed by atoms with Crippen LogP contribution < -0.4 is 11.1 Å². The zero-order valence-electron chi connectivity index (χ0n) is 12.0. The van der Waals surface area contributed by atoms with Gasteiger partial charge < -0.3 is 26.0 Å². The van der Waals surface area contributed by atoms with Crippen LogP contribution in [-0.2, 0) is 9.53 Å². The number of ether oxygens (including phenoxy) is 1. The molecule has 0 unspecified atom stereocenters. The van der Waals surface area contributed by atoms with Crippen LogP contribution in [-0.4, -0.2) is 53.9 Å². The number of rotatable bonds is 7. The summed E-state index contributed by atoms with van der Waals surface area (Å²) in [7, 11) is 0. The van der Waals surface area contributed by atoms with Gasteiger partial charge in [-0.05, 0) is 13.3 Å². The van der Waals surface area contributed by atoms with E-state index in [-0.39, 0.29) is 25.6 Å². The van der Waals surface area contributed by atoms with Gasteiger partial charge in [-0.1, -0.05) is 13.8 Å². The summed E-state index contributed by atoms with van der Waals surface area (Å²) in [5.41, 5.74) is 4.28. The summed E-state index contributed by atoms with van der Waals surface area (Å²) in [6, 6.07) is 0. The number of nitrogens with one attached hydrogen (secondary N) is 1. The van der Waals surface area contributed by atoms with Gasteiger partial charge in [0.15, 0.2) is 0 Å². The number of carbonyl (C=O) groups excluding carboxylic acids is 2. The number of hydrogen-bond acceptors (Lipinski definition) is 5. The summed E-state index contributed by atoms with van der Waals surface area (Å²) in [5.74, 6) is -0.469. The molecular weight excluding hydrogens is 266 g/mol. The standard InChI is InChI=1S/C12H23N3O5/c1-8(13)15-11(19)20-6-4-5-14-10(18)9(17)12(2,3)7-16/h9,16-17H,4-7H2,1-3H3,(H,14,18)(H2,13,15,19)/t9-/m0/s1. The smallest absolute Gasteiger partial charge is 0.435 e. The van der Waals surface area contributed by atoms with E-state index in [0.717, 1.165) is 0 Å². The van der Waals surface area contributed by atoms with Gasteiger partial charge in [0.2, 0.25) is 5.91 Å². The highest BCUT2D eigenvalue weighted by molar-refractivity contribution is 5.88. The molecule has 0 aliphatic heterocycles. The monoisotopic (exact) mass is 289 g/mol. The highest BCUT2D eigenvalue weighted by atomic mass is 16.5. The normalized spacial score (nSPS) is 13.8. The van der Waals surface area contributed by atoms with E-state index in [4.69, 9.17) is 15.6 Å². The number of aliphatic hydroxyl groups is 2. The third-order valence-corrected chi connectivity index (χ3v) is 2.51. The minimum Gasteiger partial charge on any atom is -0.448 e. The van der Waals surface area contributed by atoms with Crippen molar-refractivity contribution in [2.75, 3.05) is 19.8 Å². The Labute approximate surface area is 118 Å². The van der Waals surface area contributed by atoms with Crippen LogP contribution in [0.3, 0.4) is 0 Å². The van der Waals surface area contributed by atoms with Crippen molar-refractivity contribution in [3.05, 3.63) is 0 Å². The summed E-state index contributed by atoms with van der Waals surface area (Å²) in [6.45, 7) is 4.62. The van der Waals surface area contributed by atoms with E-state index >= 15 is 0 Å². The molecule has 0 saturated heterocycles. The Balaban J connectivity index is 3.89. The second kappa shape index (κ2) is 8.49. The zero-order chi connectivity index (χ0) is 15.8. The lowest BCUT2D eigenvalue weighted by molar-refractivity contribution is -0.137. The molecule has 0 fully saturated rings. The summed E-state index contributed by atoms with van der Waals surface area (Å²) in [4.78, 5) is 25.9. The Hall–Kier alpha value is -1.67. The highest BCUT2D eigenvalue weighted by Crippen LogP contribution is 2.19. The Bertz CT molecular complexity index is 364. The van der Waals surface area contributed by atoms with E-state index < -0.39 is 23.5 Å². The van der Waals surface area contributed by atoms with E-state index in [0.29, 0.717) is 6.42 Å². The second-order valence-electron chi connectivity index (χ2n) is 5.06. The molecule has 0 aliphatic rings. The SMILES string of the molecule is C/C(N)=N/C(=O)OCCCNC(=O)[C@H](O)C(C)(C)CO. The number of aliphatic hydroxyl groups excluding tert-OH is 2. The lowest BCUT2D eigenvalue weighted by Crippen LogP contribution is -2.45. The predicted molar refractivity (Wildman–Crippen MR) is 73.1 cm³/mol. The molecule has 1 atom stereocenters. The van der Waals surface area contributed by atoms with Gasteiger partial charge in [0.05, 0.1) is 13.2 Å². The molecule has 0 heterocycles. The van der Waals surface area contributed by atoms with Crippen LogP contribution in [0.2, 0.25) is 0 Å². The van der Waals surface area contributed by atoms with Crippen LogP contribution in [0.5, 0.6) is 0 Å². The van der Waals surface area contributed by atoms with E-state index in [2.05, 4.69) is 10.3 Å². The third-order valence-electron chi connectivity index (χ3n) is 2.51. The van der Waals surface area contributed by atoms with E-state index in [1.807, 2.05) is 0 Å². The Morgan fingerprint density at radius 1 is 1.45 bits per heavy atom. The maximum absolute atomic E-state index is 11.6. The largest absolute Gasteiger partial charge is 0.448 e. The molecule has 0 aliphatic carbocycles. The first kappa shape index (κ1) is 18.3. The first-order chi connectivity index (χ1) is 9.20. The van der Waals surface area contributed by atoms with Crippen molar-refractivity contribution >= 4 is 17.8 Å². The molecule has 0 aromatic carbocycles. The fourth-order valence-corrected chi connectivity index (χ4v) is 1.16. The fraction of sp³-hybridized carbons (Fsp3) is 0.750. The van der Waals surface area contributed by atoms with Crippen LogP contribution in [0.15, 0.2) is 4.99 Å². The van der Waals surface area contributed by atoms with Gasteiger partial charge in [0.1, 0.15) is 11.9 Å². The van der Waals surface area contributed by atoms with Crippen LogP contribution in [0.25, 0.3) is 0 Å². The lowest BCUT2D eigenvalue weighted by atomic mass is 9.87. The van der Waals surface area contributed by atoms with Crippen molar-refractivity contribution in [1.82, 2.24) is 5.32 Å². The number of aliphatic imine (C=N–C) groups is 1. The van der Waals surface area contributed by atoms with Crippen molar-refractivity contribution in [3.63, 3.8) is 0 Å². The van der Waals surface area contributed by atoms with Gasteiger partial charge in [-0.3, -0.25) is 4.79 Å². The summed E-state index contributed by atoms with van der Waals surface area (Å²) < 4.78 is 4.72. The fourth-order valence-electron chi connectivity index (χ4n) is 1.16. The highest BCUT2D eigenvalue weighted by Gasteiger charge is 2.32. The number of nitrogens with two attached hydrogens (primary N) is 1. The van der Waals surface area contributed by atoms with Gasteiger partial charge >= 0.3 is 6.09 Å². The molecule has 20 heavy (non-hydrogen) atoms. The molecule has 0 rings (SSSR count). The predicted octanol–water partition coefficient (Wildman–Crippen LogP) is -0.614. The molecule has 0 saturated carbocycles. The number of hydrogen-bond donors (Lipinski definition) is 4. The molecule has 116 valence electrons. The second-order valence-corrected chi connectivity index (χ2v) is 5.06. The lowest BCUT2D eigenvalue weighted by Gasteiger charge is -2.27. The van der Waals surface area contributed by atoms with Gasteiger partial charge in [-0.2, -0.15) is 4.99 Å². The maximum Gasteiger partial charge on any atom is 0.435 e. The first-order valence-electron chi connectivity index (χ1n) is 6.25. The van der Waals surface area contributed by atoms with Crippen molar-refractivity contribution in [1.29, 1.82) is 0 Å². The molecule has 5 N–H and O–H groups in total. The first-order valence-corrected chi connectivity index (χ1v) is 6.25. The number of nitrogens with zero attached hydrogens (tertiary/aromatic N) is 1. The van der Waals surface area contributed by atoms with Crippen LogP contribution in [0.4, 0.5) is 4.79 Å². The van der Waals surface area contributed by atoms with Gasteiger partial charge in [0.25, 0.3) is 0 Å².